The summed E-state index contributed by atoms with van der Waals surface area (Å²) in [6.45, 7) is 9.79. The number of nitrogens with one attached hydrogen (secondary N) is 1. The van der Waals surface area contributed by atoms with Crippen LogP contribution in [0, 0.1) is 0 Å². The molecule has 0 amide bonds. The summed E-state index contributed by atoms with van der Waals surface area (Å²) < 4.78 is 1.81. The van der Waals surface area contributed by atoms with E-state index >= 15 is 0 Å². The molecule has 0 unspecified atom stereocenters. The summed E-state index contributed by atoms with van der Waals surface area (Å²) in [4.78, 5) is 4.82. The first-order valence-electron chi connectivity index (χ1n) is 8.49. The summed E-state index contributed by atoms with van der Waals surface area (Å²) in [5, 5.41) is 8.59. The quantitative estimate of drug-likeness (QED) is 0.619. The fourth-order valence-electron chi connectivity index (χ4n) is 2.91. The molecule has 5 nitrogen and oxygen atoms in total. The maximum absolute atomic E-state index is 5.97. The van der Waals surface area contributed by atoms with Gasteiger partial charge in [-0.05, 0) is 52.9 Å². The lowest BCUT2D eigenvalue weighted by atomic mass is 9.92. The number of allylic oxidation sites excluding steroid dienone is 3. The van der Waals surface area contributed by atoms with Crippen LogP contribution < -0.4 is 11.1 Å². The van der Waals surface area contributed by atoms with Crippen LogP contribution in [0.5, 0.6) is 0 Å². The Morgan fingerprint density at radius 1 is 1.42 bits per heavy atom. The maximum atomic E-state index is 5.97. The van der Waals surface area contributed by atoms with Crippen molar-refractivity contribution in [3.8, 4) is 0 Å². The highest BCUT2D eigenvalue weighted by molar-refractivity contribution is 6.29. The number of anilines is 1. The number of halogens is 1. The molecule has 1 heterocycles. The third-order valence-electron chi connectivity index (χ3n) is 4.23. The van der Waals surface area contributed by atoms with Crippen molar-refractivity contribution in [2.75, 3.05) is 5.32 Å². The van der Waals surface area contributed by atoms with Gasteiger partial charge in [0.1, 0.15) is 5.82 Å². The van der Waals surface area contributed by atoms with E-state index in [9.17, 15) is 0 Å². The van der Waals surface area contributed by atoms with Crippen LogP contribution in [0.15, 0.2) is 28.9 Å². The second kappa shape index (κ2) is 8.49. The predicted molar refractivity (Wildman–Crippen MR) is 104 cm³/mol. The number of nitrogens with zero attached hydrogens (tertiary/aromatic N) is 3. The zero-order valence-corrected chi connectivity index (χ0v) is 15.6. The Hall–Kier alpha value is -1.59. The van der Waals surface area contributed by atoms with Crippen molar-refractivity contribution in [1.82, 2.24) is 9.78 Å². The molecule has 132 valence electrons. The number of aliphatic imine (C=N–C) groups is 1. The lowest BCUT2D eigenvalue weighted by Crippen LogP contribution is -2.29. The summed E-state index contributed by atoms with van der Waals surface area (Å²) in [6.07, 6.45) is 8.76. The van der Waals surface area contributed by atoms with Gasteiger partial charge in [0, 0.05) is 22.3 Å². The van der Waals surface area contributed by atoms with Crippen LogP contribution in [0.4, 0.5) is 5.82 Å². The smallest absolute Gasteiger partial charge is 0.138 e. The van der Waals surface area contributed by atoms with E-state index in [1.54, 1.807) is 0 Å². The van der Waals surface area contributed by atoms with Gasteiger partial charge >= 0.3 is 0 Å². The molecular weight excluding hydrogens is 322 g/mol. The Bertz CT molecular complexity index is 632. The van der Waals surface area contributed by atoms with Crippen LogP contribution in [-0.2, 0) is 6.42 Å². The number of aromatic nitrogens is 2. The average molecular weight is 350 g/mol. The molecule has 6 heteroatoms. The van der Waals surface area contributed by atoms with Crippen molar-refractivity contribution >= 4 is 29.0 Å². The second-order valence-electron chi connectivity index (χ2n) is 6.57. The van der Waals surface area contributed by atoms with Gasteiger partial charge < -0.3 is 11.1 Å². The molecule has 0 atom stereocenters. The van der Waals surface area contributed by atoms with E-state index in [4.69, 9.17) is 22.3 Å². The van der Waals surface area contributed by atoms with Crippen LogP contribution in [0.2, 0.25) is 0 Å². The molecular formula is C18H28ClN5. The molecule has 0 spiro atoms. The first-order valence-corrected chi connectivity index (χ1v) is 8.86. The summed E-state index contributed by atoms with van der Waals surface area (Å²) in [5.74, 6) is 1.80. The molecule has 3 N–H and O–H groups in total. The zero-order chi connectivity index (χ0) is 17.7. The van der Waals surface area contributed by atoms with Crippen molar-refractivity contribution in [2.45, 2.75) is 65.0 Å². The third-order valence-corrected chi connectivity index (χ3v) is 4.38. The van der Waals surface area contributed by atoms with Gasteiger partial charge in [-0.1, -0.05) is 24.3 Å². The van der Waals surface area contributed by atoms with Gasteiger partial charge in [0.05, 0.1) is 18.1 Å². The van der Waals surface area contributed by atoms with Crippen molar-refractivity contribution in [3.63, 3.8) is 0 Å². The number of nitrogens with two attached hydrogens (primary N) is 1. The molecule has 1 aromatic rings. The van der Waals surface area contributed by atoms with Gasteiger partial charge in [-0.25, -0.2) is 4.68 Å². The molecule has 1 aliphatic rings. The first-order chi connectivity index (χ1) is 11.4. The molecule has 0 bridgehead atoms. The lowest BCUT2D eigenvalue weighted by Gasteiger charge is -2.24. The minimum Gasteiger partial charge on any atom is -0.329 e. The Balaban J connectivity index is 2.15. The van der Waals surface area contributed by atoms with Gasteiger partial charge in [0.15, 0.2) is 0 Å². The average Bonchev–Trinajstić information content (AvgIpc) is 2.90. The molecule has 0 aromatic carbocycles. The molecule has 2 rings (SSSR count). The van der Waals surface area contributed by atoms with Crippen molar-refractivity contribution < 1.29 is 0 Å². The summed E-state index contributed by atoms with van der Waals surface area (Å²) in [6, 6.07) is 0.693. The highest BCUT2D eigenvalue weighted by Crippen LogP contribution is 2.23. The number of amidine groups is 1. The summed E-state index contributed by atoms with van der Waals surface area (Å²) in [7, 11) is 0. The molecule has 1 fully saturated rings. The van der Waals surface area contributed by atoms with Crippen LogP contribution in [-0.4, -0.2) is 27.7 Å². The molecule has 1 saturated carbocycles. The molecule has 0 aliphatic heterocycles. The highest BCUT2D eigenvalue weighted by Gasteiger charge is 2.18. The number of hydrogen-bond donors (Lipinski definition) is 2. The van der Waals surface area contributed by atoms with Gasteiger partial charge in [-0.3, -0.25) is 4.99 Å². The molecule has 0 saturated heterocycles. The zero-order valence-electron chi connectivity index (χ0n) is 14.8. The van der Waals surface area contributed by atoms with Crippen LogP contribution >= 0.6 is 11.6 Å². The molecule has 1 aromatic heterocycles. The predicted octanol–water partition coefficient (Wildman–Crippen LogP) is 4.16. The molecule has 0 radical (unpaired) electrons. The summed E-state index contributed by atoms with van der Waals surface area (Å²) >= 11 is 5.96. The van der Waals surface area contributed by atoms with E-state index in [1.165, 1.54) is 0 Å². The monoisotopic (exact) mass is 349 g/mol. The fourth-order valence-corrected chi connectivity index (χ4v) is 2.99. The normalized spacial score (nSPS) is 22.5. The van der Waals surface area contributed by atoms with Crippen LogP contribution in [0.1, 0.15) is 52.0 Å². The van der Waals surface area contributed by atoms with Gasteiger partial charge in [0.2, 0.25) is 0 Å². The van der Waals surface area contributed by atoms with Gasteiger partial charge in [-0.2, -0.15) is 5.10 Å². The van der Waals surface area contributed by atoms with E-state index < -0.39 is 0 Å². The molecule has 1 aliphatic carbocycles. The fraction of sp³-hybridized carbons (Fsp3) is 0.556. The minimum absolute atomic E-state index is 0.340. The van der Waals surface area contributed by atoms with E-state index in [2.05, 4.69) is 17.0 Å². The molecule has 24 heavy (non-hydrogen) atoms. The van der Waals surface area contributed by atoms with Crippen molar-refractivity contribution in [3.05, 3.63) is 29.4 Å². The highest BCUT2D eigenvalue weighted by atomic mass is 35.5. The Labute approximate surface area is 149 Å². The minimum atomic E-state index is 0.340. The second-order valence-corrected chi connectivity index (χ2v) is 7.16. The van der Waals surface area contributed by atoms with Gasteiger partial charge in [-0.15, -0.1) is 0 Å². The van der Waals surface area contributed by atoms with E-state index in [0.717, 1.165) is 60.1 Å². The standard InChI is InChI=1S/C18H28ClN5/c1-12(2)24-18(15(11-21-24)6-5-13(3)19)23-14(4)22-17-9-7-16(20)8-10-17/h5,11,16-17H,1,6-10,20H2,2-4H3,(H,22,23)/b13-5+. The topological polar surface area (TPSA) is 68.2 Å². The third kappa shape index (κ3) is 5.21. The van der Waals surface area contributed by atoms with Crippen LogP contribution in [0.25, 0.3) is 5.70 Å². The van der Waals surface area contributed by atoms with E-state index in [0.29, 0.717) is 12.1 Å². The summed E-state index contributed by atoms with van der Waals surface area (Å²) in [5.41, 5.74) is 7.89. The Morgan fingerprint density at radius 3 is 2.67 bits per heavy atom. The first kappa shape index (κ1) is 18.7. The van der Waals surface area contributed by atoms with Crippen molar-refractivity contribution in [2.24, 2.45) is 10.7 Å². The van der Waals surface area contributed by atoms with E-state index in [-0.39, 0.29) is 0 Å². The van der Waals surface area contributed by atoms with Crippen molar-refractivity contribution in [1.29, 1.82) is 0 Å². The maximum Gasteiger partial charge on any atom is 0.138 e. The lowest BCUT2D eigenvalue weighted by molar-refractivity contribution is 0.396. The number of rotatable bonds is 5. The Morgan fingerprint density at radius 2 is 2.08 bits per heavy atom. The number of hydrogen-bond acceptors (Lipinski definition) is 3. The largest absolute Gasteiger partial charge is 0.329 e. The van der Waals surface area contributed by atoms with Crippen LogP contribution in [0.3, 0.4) is 0 Å². The SMILES string of the molecule is C=C(C)n1ncc(C/C=C(\C)Cl)c1NC(C)=NC1CCC(N)CC1. The van der Waals surface area contributed by atoms with E-state index in [1.807, 2.05) is 37.7 Å². The Kier molecular flexibility index (Phi) is 6.63. The van der Waals surface area contributed by atoms with Gasteiger partial charge in [0.25, 0.3) is 0 Å².